The highest BCUT2D eigenvalue weighted by Crippen LogP contribution is 2.25. The van der Waals surface area contributed by atoms with Crippen LogP contribution in [-0.4, -0.2) is 90.4 Å². The zero-order valence-electron chi connectivity index (χ0n) is 22.9. The molecule has 0 saturated carbocycles. The van der Waals surface area contributed by atoms with E-state index in [0.717, 1.165) is 42.8 Å². The number of nitrogens with zero attached hydrogens (tertiary/aromatic N) is 7. The number of rotatable bonds is 16. The van der Waals surface area contributed by atoms with Crippen molar-refractivity contribution in [3.8, 4) is 0 Å². The molecule has 0 aliphatic carbocycles. The van der Waals surface area contributed by atoms with Crippen LogP contribution in [0.15, 0.2) is 29.7 Å². The smallest absolute Gasteiger partial charge is 0.227 e. The summed E-state index contributed by atoms with van der Waals surface area (Å²) in [5, 5.41) is 6.07. The van der Waals surface area contributed by atoms with Crippen molar-refractivity contribution in [3.63, 3.8) is 0 Å². The number of piperidine rings is 1. The van der Waals surface area contributed by atoms with Crippen LogP contribution in [0.3, 0.4) is 0 Å². The number of imidazole rings is 1. The number of anilines is 3. The molecule has 1 saturated heterocycles. The predicted octanol–water partition coefficient (Wildman–Crippen LogP) is 3.48. The standard InChI is InChI=1S/C26H38N8O5/c1-19(2)34-22-16-24(31-23-4-7-27-26(32-23)33-9-5-20(36-3)6-10-33)28-17-21(22)30-25(34)18-39-15-14-38-13-12-37-11-8-29-35/h4,7,16-17,19-20H,5-6,8-15,18H2,1-3H3,(H,27,28,31,32). The number of ether oxygens (including phenoxy) is 4. The minimum atomic E-state index is 0.156. The zero-order valence-corrected chi connectivity index (χ0v) is 22.9. The van der Waals surface area contributed by atoms with E-state index in [4.69, 9.17) is 28.9 Å². The molecule has 4 heterocycles. The van der Waals surface area contributed by atoms with Gasteiger partial charge in [0.1, 0.15) is 36.1 Å². The van der Waals surface area contributed by atoms with Crippen LogP contribution in [0, 0.1) is 4.91 Å². The molecule has 1 N–H and O–H groups in total. The molecule has 4 rings (SSSR count). The molecule has 212 valence electrons. The third kappa shape index (κ3) is 8.12. The Bertz CT molecular complexity index is 1180. The molecule has 1 aliphatic heterocycles. The average molecular weight is 543 g/mol. The van der Waals surface area contributed by atoms with Crippen molar-refractivity contribution in [3.05, 3.63) is 35.3 Å². The quantitative estimate of drug-likeness (QED) is 0.210. The van der Waals surface area contributed by atoms with Crippen LogP contribution in [0.1, 0.15) is 38.6 Å². The van der Waals surface area contributed by atoms with Crippen LogP contribution in [0.25, 0.3) is 11.0 Å². The highest BCUT2D eigenvalue weighted by molar-refractivity contribution is 5.79. The maximum absolute atomic E-state index is 10.0. The summed E-state index contributed by atoms with van der Waals surface area (Å²) in [7, 11) is 1.76. The van der Waals surface area contributed by atoms with Gasteiger partial charge in [-0.1, -0.05) is 5.18 Å². The van der Waals surface area contributed by atoms with Crippen molar-refractivity contribution in [2.75, 3.05) is 70.0 Å². The minimum absolute atomic E-state index is 0.156. The Kier molecular flexibility index (Phi) is 10.9. The highest BCUT2D eigenvalue weighted by Gasteiger charge is 2.21. The largest absolute Gasteiger partial charge is 0.381 e. The highest BCUT2D eigenvalue weighted by atomic mass is 16.5. The maximum Gasteiger partial charge on any atom is 0.227 e. The van der Waals surface area contributed by atoms with Gasteiger partial charge < -0.3 is 33.7 Å². The van der Waals surface area contributed by atoms with Gasteiger partial charge in [0.25, 0.3) is 0 Å². The van der Waals surface area contributed by atoms with Gasteiger partial charge in [-0.05, 0) is 32.8 Å². The van der Waals surface area contributed by atoms with Gasteiger partial charge >= 0.3 is 0 Å². The van der Waals surface area contributed by atoms with E-state index in [1.165, 1.54) is 0 Å². The van der Waals surface area contributed by atoms with Gasteiger partial charge in [0.2, 0.25) is 5.95 Å². The number of pyridine rings is 1. The fourth-order valence-corrected chi connectivity index (χ4v) is 4.49. The third-order valence-corrected chi connectivity index (χ3v) is 6.42. The first-order chi connectivity index (χ1) is 19.1. The number of nitroso groups, excluding NO2 is 1. The number of methoxy groups -OCH3 is 1. The Balaban J connectivity index is 1.34. The Morgan fingerprint density at radius 1 is 1.03 bits per heavy atom. The second-order valence-electron chi connectivity index (χ2n) is 9.47. The van der Waals surface area contributed by atoms with E-state index in [0.29, 0.717) is 63.3 Å². The van der Waals surface area contributed by atoms with Crippen molar-refractivity contribution in [2.24, 2.45) is 5.18 Å². The van der Waals surface area contributed by atoms with E-state index in [9.17, 15) is 4.91 Å². The van der Waals surface area contributed by atoms with Crippen LogP contribution in [-0.2, 0) is 25.6 Å². The molecule has 0 radical (unpaired) electrons. The van der Waals surface area contributed by atoms with Crippen LogP contribution in [0.5, 0.6) is 0 Å². The lowest BCUT2D eigenvalue weighted by atomic mass is 10.1. The molecule has 3 aromatic rings. The lowest BCUT2D eigenvalue weighted by molar-refractivity contribution is 0.0102. The molecule has 0 spiro atoms. The molecular weight excluding hydrogens is 504 g/mol. The topological polar surface area (TPSA) is 138 Å². The summed E-state index contributed by atoms with van der Waals surface area (Å²) in [6.45, 7) is 8.53. The summed E-state index contributed by atoms with van der Waals surface area (Å²) in [5.74, 6) is 2.89. The van der Waals surface area contributed by atoms with Gasteiger partial charge in [0, 0.05) is 38.5 Å². The van der Waals surface area contributed by atoms with Gasteiger partial charge in [0.15, 0.2) is 0 Å². The molecule has 13 heteroatoms. The molecule has 0 unspecified atom stereocenters. The van der Waals surface area contributed by atoms with Gasteiger partial charge in [-0.3, -0.25) is 0 Å². The Labute approximate surface area is 228 Å². The fraction of sp³-hybridized carbons (Fsp3) is 0.615. The summed E-state index contributed by atoms with van der Waals surface area (Å²) in [5.41, 5.74) is 1.77. The van der Waals surface area contributed by atoms with Crippen molar-refractivity contribution < 1.29 is 18.9 Å². The van der Waals surface area contributed by atoms with E-state index in [2.05, 4.69) is 43.8 Å². The van der Waals surface area contributed by atoms with E-state index in [1.807, 2.05) is 12.1 Å². The predicted molar refractivity (Wildman–Crippen MR) is 147 cm³/mol. The molecule has 13 nitrogen and oxygen atoms in total. The second kappa shape index (κ2) is 14.8. The van der Waals surface area contributed by atoms with Crippen LogP contribution in [0.4, 0.5) is 17.6 Å². The summed E-state index contributed by atoms with van der Waals surface area (Å²) in [6, 6.07) is 4.01. The number of hydrogen-bond acceptors (Lipinski definition) is 12. The Morgan fingerprint density at radius 3 is 2.49 bits per heavy atom. The number of fused-ring (bicyclic) bond motifs is 1. The van der Waals surface area contributed by atoms with Crippen LogP contribution >= 0.6 is 0 Å². The molecule has 1 aliphatic rings. The average Bonchev–Trinajstić information content (AvgIpc) is 3.32. The van der Waals surface area contributed by atoms with Crippen molar-refractivity contribution in [1.29, 1.82) is 0 Å². The number of nitrogens with one attached hydrogen (secondary N) is 1. The Hall–Kier alpha value is -3.26. The number of aromatic nitrogens is 5. The van der Waals surface area contributed by atoms with E-state index in [1.54, 1.807) is 19.5 Å². The first kappa shape index (κ1) is 28.7. The molecule has 0 bridgehead atoms. The second-order valence-corrected chi connectivity index (χ2v) is 9.47. The molecule has 3 aromatic heterocycles. The van der Waals surface area contributed by atoms with Gasteiger partial charge in [-0.15, -0.1) is 0 Å². The molecule has 0 amide bonds. The first-order valence-electron chi connectivity index (χ1n) is 13.4. The fourth-order valence-electron chi connectivity index (χ4n) is 4.49. The molecule has 1 fully saturated rings. The van der Waals surface area contributed by atoms with Crippen LogP contribution in [0.2, 0.25) is 0 Å². The zero-order chi connectivity index (χ0) is 27.5. The van der Waals surface area contributed by atoms with Gasteiger partial charge in [0.05, 0.1) is 50.9 Å². The lowest BCUT2D eigenvalue weighted by Crippen LogP contribution is -2.37. The number of hydrogen-bond donors (Lipinski definition) is 1. The first-order valence-corrected chi connectivity index (χ1v) is 13.4. The molecule has 0 atom stereocenters. The molecule has 39 heavy (non-hydrogen) atoms. The van der Waals surface area contributed by atoms with Crippen molar-refractivity contribution in [1.82, 2.24) is 24.5 Å². The van der Waals surface area contributed by atoms with Crippen molar-refractivity contribution >= 4 is 28.6 Å². The normalized spacial score (nSPS) is 14.4. The van der Waals surface area contributed by atoms with E-state index >= 15 is 0 Å². The lowest BCUT2D eigenvalue weighted by Gasteiger charge is -2.31. The SMILES string of the molecule is COC1CCN(c2nccc(Nc3cc4c(cn3)nc(COCCOCCOCCN=O)n4C(C)C)n2)CC1. The summed E-state index contributed by atoms with van der Waals surface area (Å²) >= 11 is 0. The minimum Gasteiger partial charge on any atom is -0.381 e. The van der Waals surface area contributed by atoms with Crippen molar-refractivity contribution in [2.45, 2.75) is 45.4 Å². The Morgan fingerprint density at radius 2 is 1.77 bits per heavy atom. The monoisotopic (exact) mass is 542 g/mol. The van der Waals surface area contributed by atoms with E-state index < -0.39 is 0 Å². The van der Waals surface area contributed by atoms with Crippen LogP contribution < -0.4 is 10.2 Å². The molecular formula is C26H38N8O5. The maximum atomic E-state index is 10.0. The molecule has 0 aromatic carbocycles. The third-order valence-electron chi connectivity index (χ3n) is 6.42. The van der Waals surface area contributed by atoms with E-state index in [-0.39, 0.29) is 12.6 Å². The summed E-state index contributed by atoms with van der Waals surface area (Å²) in [6.07, 6.45) is 5.76. The van der Waals surface area contributed by atoms with Gasteiger partial charge in [-0.25, -0.2) is 15.0 Å². The summed E-state index contributed by atoms with van der Waals surface area (Å²) < 4.78 is 24.2. The van der Waals surface area contributed by atoms with Gasteiger partial charge in [-0.2, -0.15) is 9.89 Å². The summed E-state index contributed by atoms with van der Waals surface area (Å²) in [4.78, 5) is 30.7.